The van der Waals surface area contributed by atoms with Crippen LogP contribution in [0.25, 0.3) is 0 Å². The second-order valence-corrected chi connectivity index (χ2v) is 6.30. The summed E-state index contributed by atoms with van der Waals surface area (Å²) in [5, 5.41) is 0. The highest BCUT2D eigenvalue weighted by atomic mass is 16.6. The highest BCUT2D eigenvalue weighted by Crippen LogP contribution is 2.13. The maximum atomic E-state index is 11.6. The average Bonchev–Trinajstić information content (AvgIpc) is 2.94. The van der Waals surface area contributed by atoms with E-state index in [-0.39, 0.29) is 5.91 Å². The summed E-state index contributed by atoms with van der Waals surface area (Å²) < 4.78 is 5.15. The summed E-state index contributed by atoms with van der Waals surface area (Å²) >= 11 is 0. The van der Waals surface area contributed by atoms with E-state index in [1.165, 1.54) is 62.7 Å². The quantitative estimate of drug-likeness (QED) is 0.473. The zero-order valence-electron chi connectivity index (χ0n) is 14.3. The van der Waals surface area contributed by atoms with Crippen molar-refractivity contribution < 1.29 is 14.3 Å². The maximum Gasteiger partial charge on any atom is 0.416 e. The van der Waals surface area contributed by atoms with Crippen molar-refractivity contribution in [1.29, 1.82) is 0 Å². The van der Waals surface area contributed by atoms with Gasteiger partial charge in [0.1, 0.15) is 0 Å². The number of nitrogens with zero attached hydrogens (tertiary/aromatic N) is 1. The predicted octanol–water partition coefficient (Wildman–Crippen LogP) is 5.06. The molecule has 128 valence electrons. The first kappa shape index (κ1) is 19.0. The molecule has 0 N–H and O–H groups in total. The average molecular weight is 311 g/mol. The first-order valence-corrected chi connectivity index (χ1v) is 9.23. The molecule has 4 nitrogen and oxygen atoms in total. The first-order valence-electron chi connectivity index (χ1n) is 9.23. The van der Waals surface area contributed by atoms with Gasteiger partial charge in [0.2, 0.25) is 5.91 Å². The van der Waals surface area contributed by atoms with E-state index >= 15 is 0 Å². The van der Waals surface area contributed by atoms with Crippen LogP contribution >= 0.6 is 0 Å². The van der Waals surface area contributed by atoms with Crippen molar-refractivity contribution in [3.8, 4) is 0 Å². The molecule has 0 spiro atoms. The Labute approximate surface area is 135 Å². The second kappa shape index (κ2) is 12.5. The Balaban J connectivity index is 1.82. The SMILES string of the molecule is CCCCCCCCCCCCCOC(=O)N1CCCC1=O. The maximum absolute atomic E-state index is 11.6. The Morgan fingerprint density at radius 1 is 0.955 bits per heavy atom. The van der Waals surface area contributed by atoms with Crippen LogP contribution in [0, 0.1) is 0 Å². The van der Waals surface area contributed by atoms with E-state index in [0.29, 0.717) is 19.6 Å². The van der Waals surface area contributed by atoms with E-state index in [9.17, 15) is 9.59 Å². The molecule has 0 aromatic carbocycles. The number of hydrogen-bond acceptors (Lipinski definition) is 3. The molecule has 0 radical (unpaired) electrons. The molecule has 1 aliphatic rings. The minimum Gasteiger partial charge on any atom is -0.449 e. The van der Waals surface area contributed by atoms with Crippen LogP contribution in [-0.2, 0) is 9.53 Å². The molecule has 0 aliphatic carbocycles. The van der Waals surface area contributed by atoms with Gasteiger partial charge in [0, 0.05) is 13.0 Å². The molecule has 0 bridgehead atoms. The second-order valence-electron chi connectivity index (χ2n) is 6.30. The molecule has 1 saturated heterocycles. The van der Waals surface area contributed by atoms with Crippen LogP contribution in [0.2, 0.25) is 0 Å². The number of likely N-dealkylation sites (tertiary alicyclic amines) is 1. The van der Waals surface area contributed by atoms with Crippen LogP contribution in [0.4, 0.5) is 4.79 Å². The van der Waals surface area contributed by atoms with E-state index in [4.69, 9.17) is 4.74 Å². The van der Waals surface area contributed by atoms with Crippen LogP contribution in [-0.4, -0.2) is 30.1 Å². The van der Waals surface area contributed by atoms with Crippen molar-refractivity contribution in [3.63, 3.8) is 0 Å². The standard InChI is InChI=1S/C18H33NO3/c1-2-3-4-5-6-7-8-9-10-11-12-16-22-18(21)19-15-13-14-17(19)20/h2-16H2,1H3. The van der Waals surface area contributed by atoms with Gasteiger partial charge in [0.15, 0.2) is 0 Å². The number of amides is 2. The lowest BCUT2D eigenvalue weighted by Crippen LogP contribution is -2.32. The van der Waals surface area contributed by atoms with Gasteiger partial charge < -0.3 is 4.74 Å². The Morgan fingerprint density at radius 3 is 2.00 bits per heavy atom. The lowest BCUT2D eigenvalue weighted by Gasteiger charge is -2.13. The fourth-order valence-electron chi connectivity index (χ4n) is 2.84. The summed E-state index contributed by atoms with van der Waals surface area (Å²) in [5.41, 5.74) is 0. The van der Waals surface area contributed by atoms with E-state index in [2.05, 4.69) is 6.92 Å². The summed E-state index contributed by atoms with van der Waals surface area (Å²) in [5.74, 6) is -0.0936. The predicted molar refractivity (Wildman–Crippen MR) is 88.8 cm³/mol. The summed E-state index contributed by atoms with van der Waals surface area (Å²) in [7, 11) is 0. The third kappa shape index (κ3) is 8.40. The Kier molecular flexibility index (Phi) is 10.8. The molecule has 1 aliphatic heterocycles. The summed E-state index contributed by atoms with van der Waals surface area (Å²) in [6.45, 7) is 3.22. The van der Waals surface area contributed by atoms with E-state index in [0.717, 1.165) is 19.3 Å². The number of carbonyl (C=O) groups excluding carboxylic acids is 2. The summed E-state index contributed by atoms with van der Waals surface area (Å²) in [4.78, 5) is 24.2. The normalized spacial score (nSPS) is 14.6. The lowest BCUT2D eigenvalue weighted by atomic mass is 10.1. The fraction of sp³-hybridized carbons (Fsp3) is 0.889. The molecule has 0 saturated carbocycles. The Morgan fingerprint density at radius 2 is 1.50 bits per heavy atom. The molecule has 1 rings (SSSR count). The van der Waals surface area contributed by atoms with Crippen LogP contribution in [0.3, 0.4) is 0 Å². The zero-order chi connectivity index (χ0) is 16.0. The lowest BCUT2D eigenvalue weighted by molar-refractivity contribution is -0.126. The number of unbranched alkanes of at least 4 members (excludes halogenated alkanes) is 10. The van der Waals surface area contributed by atoms with Gasteiger partial charge in [0.25, 0.3) is 0 Å². The molecule has 22 heavy (non-hydrogen) atoms. The van der Waals surface area contributed by atoms with E-state index in [1.807, 2.05) is 0 Å². The molecule has 0 unspecified atom stereocenters. The summed E-state index contributed by atoms with van der Waals surface area (Å²) in [6.07, 6.45) is 14.8. The van der Waals surface area contributed by atoms with Crippen molar-refractivity contribution in [2.45, 2.75) is 90.4 Å². The molecular weight excluding hydrogens is 278 g/mol. The van der Waals surface area contributed by atoms with Crippen LogP contribution in [0.15, 0.2) is 0 Å². The minimum atomic E-state index is -0.449. The van der Waals surface area contributed by atoms with Gasteiger partial charge in [-0.1, -0.05) is 71.1 Å². The van der Waals surface area contributed by atoms with Crippen molar-refractivity contribution in [3.05, 3.63) is 0 Å². The molecule has 0 aromatic rings. The van der Waals surface area contributed by atoms with Crippen molar-refractivity contribution in [2.24, 2.45) is 0 Å². The van der Waals surface area contributed by atoms with Gasteiger partial charge >= 0.3 is 6.09 Å². The highest BCUT2D eigenvalue weighted by Gasteiger charge is 2.27. The van der Waals surface area contributed by atoms with Crippen molar-refractivity contribution >= 4 is 12.0 Å². The number of imide groups is 1. The monoisotopic (exact) mass is 311 g/mol. The molecule has 4 heteroatoms. The Bertz CT molecular complexity index is 317. The third-order valence-electron chi connectivity index (χ3n) is 4.27. The van der Waals surface area contributed by atoms with Crippen LogP contribution in [0.1, 0.15) is 90.4 Å². The van der Waals surface area contributed by atoms with Gasteiger partial charge in [-0.2, -0.15) is 0 Å². The molecule has 2 amide bonds. The molecule has 1 fully saturated rings. The molecular formula is C18H33NO3. The smallest absolute Gasteiger partial charge is 0.416 e. The molecule has 0 atom stereocenters. The summed E-state index contributed by atoms with van der Waals surface area (Å²) in [6, 6.07) is 0. The third-order valence-corrected chi connectivity index (χ3v) is 4.27. The number of carbonyl (C=O) groups is 2. The van der Waals surface area contributed by atoms with Gasteiger partial charge in [-0.3, -0.25) is 4.79 Å². The topological polar surface area (TPSA) is 46.6 Å². The molecule has 0 aromatic heterocycles. The van der Waals surface area contributed by atoms with E-state index in [1.54, 1.807) is 0 Å². The van der Waals surface area contributed by atoms with Crippen molar-refractivity contribution in [2.75, 3.05) is 13.2 Å². The highest BCUT2D eigenvalue weighted by molar-refractivity contribution is 5.93. The van der Waals surface area contributed by atoms with Gasteiger partial charge in [0.05, 0.1) is 6.61 Å². The van der Waals surface area contributed by atoms with Crippen molar-refractivity contribution in [1.82, 2.24) is 4.90 Å². The fourth-order valence-corrected chi connectivity index (χ4v) is 2.84. The largest absolute Gasteiger partial charge is 0.449 e. The first-order chi connectivity index (χ1) is 10.8. The van der Waals surface area contributed by atoms with Gasteiger partial charge in [-0.15, -0.1) is 0 Å². The number of rotatable bonds is 12. The number of hydrogen-bond donors (Lipinski definition) is 0. The van der Waals surface area contributed by atoms with E-state index < -0.39 is 6.09 Å². The Hall–Kier alpha value is -1.06. The van der Waals surface area contributed by atoms with Crippen LogP contribution < -0.4 is 0 Å². The van der Waals surface area contributed by atoms with Gasteiger partial charge in [-0.05, 0) is 12.8 Å². The molecule has 1 heterocycles. The minimum absolute atomic E-state index is 0.0936. The zero-order valence-corrected chi connectivity index (χ0v) is 14.3. The van der Waals surface area contributed by atoms with Crippen LogP contribution in [0.5, 0.6) is 0 Å². The van der Waals surface area contributed by atoms with Gasteiger partial charge in [-0.25, -0.2) is 9.69 Å². The number of ether oxygens (including phenoxy) is 1.